The topological polar surface area (TPSA) is 106 Å². The van der Waals surface area contributed by atoms with Gasteiger partial charge in [0.1, 0.15) is 11.4 Å². The summed E-state index contributed by atoms with van der Waals surface area (Å²) in [5.74, 6) is 0.789. The average Bonchev–Trinajstić information content (AvgIpc) is 3.96. The van der Waals surface area contributed by atoms with Gasteiger partial charge in [-0.3, -0.25) is 24.5 Å². The molecule has 5 aliphatic rings. The highest BCUT2D eigenvalue weighted by molar-refractivity contribution is 7.97. The molecule has 2 amide bonds. The molecule has 5 fully saturated rings. The number of alkyl halides is 3. The van der Waals surface area contributed by atoms with Gasteiger partial charge >= 0.3 is 6.18 Å². The first-order valence-electron chi connectivity index (χ1n) is 20.7. The number of aromatic nitrogens is 2. The summed E-state index contributed by atoms with van der Waals surface area (Å²) in [6.45, 7) is 10.7. The number of likely N-dealkylation sites (N-methyl/N-ethyl adjacent to an activating group) is 1. The lowest BCUT2D eigenvalue weighted by molar-refractivity contribution is -0.138. The van der Waals surface area contributed by atoms with Gasteiger partial charge in [-0.05, 0) is 137 Å². The van der Waals surface area contributed by atoms with Gasteiger partial charge in [0.15, 0.2) is 0 Å². The van der Waals surface area contributed by atoms with Crippen LogP contribution in [0.3, 0.4) is 0 Å². The van der Waals surface area contributed by atoms with Crippen LogP contribution < -0.4 is 25.2 Å². The molecule has 0 bridgehead atoms. The van der Waals surface area contributed by atoms with Gasteiger partial charge in [-0.15, -0.1) is 0 Å². The highest BCUT2D eigenvalue weighted by Gasteiger charge is 2.49. The Morgan fingerprint density at radius 3 is 2.33 bits per heavy atom. The number of rotatable bonds is 8. The molecule has 1 aromatic heterocycles. The fraction of sp³-hybridized carbons (Fsp3) is 0.581. The molecule has 3 aromatic rings. The second-order valence-corrected chi connectivity index (χ2v) is 18.0. The highest BCUT2D eigenvalue weighted by atomic mass is 32.2. The molecule has 0 radical (unpaired) electrons. The summed E-state index contributed by atoms with van der Waals surface area (Å²) in [4.78, 5) is 39.4. The minimum atomic E-state index is -4.49. The van der Waals surface area contributed by atoms with Gasteiger partial charge in [0, 0.05) is 73.2 Å². The van der Waals surface area contributed by atoms with Crippen LogP contribution in [0, 0.1) is 18.8 Å². The third-order valence-corrected chi connectivity index (χ3v) is 13.5. The van der Waals surface area contributed by atoms with Crippen LogP contribution in [0.15, 0.2) is 53.6 Å². The number of amides is 2. The van der Waals surface area contributed by atoms with Gasteiger partial charge in [-0.2, -0.15) is 18.2 Å². The van der Waals surface area contributed by atoms with Gasteiger partial charge in [0.2, 0.25) is 17.8 Å². The Kier molecular flexibility index (Phi) is 12.7. The number of hydrogen-bond donors (Lipinski definition) is 3. The molecule has 2 saturated carbocycles. The Bertz CT molecular complexity index is 1880. The number of nitrogens with zero attached hydrogens (tertiary/aromatic N) is 5. The molecule has 2 aromatic carbocycles. The average molecular weight is 807 g/mol. The van der Waals surface area contributed by atoms with Crippen molar-refractivity contribution in [2.24, 2.45) is 11.8 Å². The Morgan fingerprint density at radius 1 is 0.912 bits per heavy atom. The van der Waals surface area contributed by atoms with E-state index < -0.39 is 11.7 Å². The van der Waals surface area contributed by atoms with E-state index in [1.807, 2.05) is 31.2 Å². The Balaban J connectivity index is 0.000000187. The van der Waals surface area contributed by atoms with Crippen molar-refractivity contribution >= 4 is 46.9 Å². The number of hydrogen-bond acceptors (Lipinski definition) is 10. The molecule has 2 unspecified atom stereocenters. The van der Waals surface area contributed by atoms with E-state index in [4.69, 9.17) is 0 Å². The summed E-state index contributed by atoms with van der Waals surface area (Å²) >= 11 is 1.64. The minimum Gasteiger partial charge on any atom is -0.368 e. The molecule has 2 aliphatic carbocycles. The molecule has 3 saturated heterocycles. The fourth-order valence-corrected chi connectivity index (χ4v) is 9.55. The Labute approximate surface area is 339 Å². The first-order chi connectivity index (χ1) is 27.3. The lowest BCUT2D eigenvalue weighted by Crippen LogP contribution is -2.53. The van der Waals surface area contributed by atoms with Crippen LogP contribution in [0.1, 0.15) is 101 Å². The zero-order valence-electron chi connectivity index (χ0n) is 33.6. The van der Waals surface area contributed by atoms with E-state index >= 15 is 0 Å². The first-order valence-corrected chi connectivity index (χ1v) is 21.5. The summed E-state index contributed by atoms with van der Waals surface area (Å²) < 4.78 is 44.6. The van der Waals surface area contributed by atoms with Crippen molar-refractivity contribution in [3.63, 3.8) is 0 Å². The smallest absolute Gasteiger partial charge is 0.368 e. The molecule has 2 atom stereocenters. The number of carbonyl (C=O) groups is 2. The zero-order chi connectivity index (χ0) is 40.3. The third kappa shape index (κ3) is 10.2. The number of carbonyl (C=O) groups excluding carboxylic acids is 2. The second kappa shape index (κ2) is 17.5. The van der Waals surface area contributed by atoms with Crippen LogP contribution in [0.2, 0.25) is 0 Å². The van der Waals surface area contributed by atoms with E-state index in [1.54, 1.807) is 16.8 Å². The van der Waals surface area contributed by atoms with Gasteiger partial charge in [0.25, 0.3) is 0 Å². The summed E-state index contributed by atoms with van der Waals surface area (Å²) in [6.07, 6.45) is 6.88. The van der Waals surface area contributed by atoms with Crippen molar-refractivity contribution in [1.29, 1.82) is 0 Å². The maximum absolute atomic E-state index is 13.7. The van der Waals surface area contributed by atoms with Crippen LogP contribution in [-0.2, 0) is 15.8 Å². The van der Waals surface area contributed by atoms with Crippen molar-refractivity contribution < 1.29 is 22.8 Å². The molecule has 10 nitrogen and oxygen atoms in total. The standard InChI is InChI=1S/C25H34F3N5S.C18H23N3O2/c1-16-6-8-19(9-7-16)32-34-20-10-11-22(18(3)13-20)30-24-29-14-21(25(26,27)28)23(31-24)33-12-4-5-17(2)15-33;1-20-10-11-21(12-18(20)8-9-18)14-4-2-13(3-5-14)15-6-7-16(22)19-17(15)23/h10-11,13-14,16-17,19,32H,4-9,12,15H2,1-3H3,(H,29,30,31);2-5,15H,6-12H2,1H3,(H,19,22,23). The van der Waals surface area contributed by atoms with Crippen molar-refractivity contribution in [2.75, 3.05) is 54.9 Å². The number of nitrogens with one attached hydrogen (secondary N) is 3. The predicted octanol–water partition coefficient (Wildman–Crippen LogP) is 8.45. The van der Waals surface area contributed by atoms with Gasteiger partial charge in [-0.1, -0.05) is 26.0 Å². The molecule has 3 N–H and O–H groups in total. The number of benzene rings is 2. The van der Waals surface area contributed by atoms with E-state index in [-0.39, 0.29) is 29.5 Å². The van der Waals surface area contributed by atoms with Crippen LogP contribution >= 0.6 is 11.9 Å². The number of piperazine rings is 1. The number of piperidine rings is 2. The lowest BCUT2D eigenvalue weighted by atomic mass is 9.88. The van der Waals surface area contributed by atoms with E-state index in [2.05, 4.69) is 74.2 Å². The largest absolute Gasteiger partial charge is 0.421 e. The maximum atomic E-state index is 13.7. The van der Waals surface area contributed by atoms with Crippen molar-refractivity contribution in [3.05, 3.63) is 65.4 Å². The normalized spacial score (nSPS) is 25.1. The molecular weight excluding hydrogens is 750 g/mol. The van der Waals surface area contributed by atoms with Crippen LogP contribution in [0.4, 0.5) is 36.3 Å². The van der Waals surface area contributed by atoms with E-state index in [0.717, 1.165) is 66.3 Å². The Hall–Kier alpha value is -3.88. The number of aryl methyl sites for hydroxylation is 1. The Morgan fingerprint density at radius 2 is 1.67 bits per heavy atom. The predicted molar refractivity (Wildman–Crippen MR) is 221 cm³/mol. The lowest BCUT2D eigenvalue weighted by Gasteiger charge is -2.41. The van der Waals surface area contributed by atoms with E-state index in [9.17, 15) is 22.8 Å². The van der Waals surface area contributed by atoms with Crippen LogP contribution in [0.5, 0.6) is 0 Å². The number of anilines is 4. The van der Waals surface area contributed by atoms with Crippen molar-refractivity contribution in [2.45, 2.75) is 114 Å². The molecule has 1 spiro atoms. The number of imide groups is 1. The van der Waals surface area contributed by atoms with Crippen LogP contribution in [0.25, 0.3) is 0 Å². The first kappa shape index (κ1) is 41.3. The molecular formula is C43H57F3N8O2S. The van der Waals surface area contributed by atoms with Gasteiger partial charge in [0.05, 0.1) is 5.92 Å². The van der Waals surface area contributed by atoms with E-state index in [0.29, 0.717) is 43.4 Å². The van der Waals surface area contributed by atoms with Gasteiger partial charge < -0.3 is 15.1 Å². The molecule has 3 aliphatic heterocycles. The SMILES string of the molecule is CN1CCN(c2ccc(C3CCC(=O)NC3=O)cc2)CC12CC2.Cc1cc(SNC2CCC(C)CC2)ccc1Nc1ncc(C(F)(F)F)c(N2CCCC(C)C2)n1. The van der Waals surface area contributed by atoms with Crippen LogP contribution in [-0.4, -0.2) is 78.0 Å². The molecule has 308 valence electrons. The third-order valence-electron chi connectivity index (χ3n) is 12.6. The van der Waals surface area contributed by atoms with Crippen molar-refractivity contribution in [3.8, 4) is 0 Å². The highest BCUT2D eigenvalue weighted by Crippen LogP contribution is 2.44. The molecule has 8 rings (SSSR count). The summed E-state index contributed by atoms with van der Waals surface area (Å²) in [7, 11) is 2.23. The zero-order valence-corrected chi connectivity index (χ0v) is 34.4. The molecule has 57 heavy (non-hydrogen) atoms. The summed E-state index contributed by atoms with van der Waals surface area (Å²) in [5, 5.41) is 5.57. The summed E-state index contributed by atoms with van der Waals surface area (Å²) in [5.41, 5.74) is 3.64. The van der Waals surface area contributed by atoms with E-state index in [1.165, 1.54) is 44.2 Å². The minimum absolute atomic E-state index is 0.0348. The molecule has 14 heteroatoms. The quantitative estimate of drug-likeness (QED) is 0.152. The second-order valence-electron chi connectivity index (χ2n) is 17.1. The van der Waals surface area contributed by atoms with Gasteiger partial charge in [-0.25, -0.2) is 4.98 Å². The maximum Gasteiger partial charge on any atom is 0.421 e. The monoisotopic (exact) mass is 806 g/mol. The van der Waals surface area contributed by atoms with Crippen molar-refractivity contribution in [1.82, 2.24) is 24.9 Å². The summed E-state index contributed by atoms with van der Waals surface area (Å²) in [6, 6.07) is 14.9. The molecule has 4 heterocycles. The fourth-order valence-electron chi connectivity index (χ4n) is 8.64. The number of halogens is 3.